The van der Waals surface area contributed by atoms with Crippen molar-refractivity contribution in [2.45, 2.75) is 27.7 Å². The highest BCUT2D eigenvalue weighted by molar-refractivity contribution is 5.22. The van der Waals surface area contributed by atoms with E-state index in [2.05, 4.69) is 37.7 Å². The number of hydrogen-bond donors (Lipinski definition) is 0. The van der Waals surface area contributed by atoms with Crippen LogP contribution < -0.4 is 14.2 Å². The largest absolute Gasteiger partial charge is 0.481 e. The Hall–Kier alpha value is -1.52. The maximum absolute atomic E-state index is 5.71. The lowest BCUT2D eigenvalue weighted by Gasteiger charge is -2.28. The fourth-order valence-corrected chi connectivity index (χ4v) is 1.08. The van der Waals surface area contributed by atoms with Gasteiger partial charge in [-0.2, -0.15) is 9.97 Å². The molecule has 0 spiro atoms. The molecule has 1 aromatic rings. The lowest BCUT2D eigenvalue weighted by molar-refractivity contribution is 0.125. The van der Waals surface area contributed by atoms with Crippen LogP contribution in [-0.2, 0) is 0 Å². The molecular weight excluding hydrogens is 232 g/mol. The van der Waals surface area contributed by atoms with Crippen molar-refractivity contribution in [3.8, 4) is 17.8 Å². The molecule has 0 atom stereocenters. The average molecular weight is 254 g/mol. The smallest absolute Gasteiger partial charge is 0.322 e. The summed E-state index contributed by atoms with van der Waals surface area (Å²) >= 11 is 0. The molecule has 1 aromatic heterocycles. The predicted molar refractivity (Wildman–Crippen MR) is 69.3 cm³/mol. The second-order valence-electron chi connectivity index (χ2n) is 5.17. The first-order chi connectivity index (χ1) is 8.39. The zero-order valence-corrected chi connectivity index (χ0v) is 12.0. The standard InChI is InChI=1S/C13H22N2O3/c1-9(2)13(3,4)8-18-11-7-10(16-5)14-12(15-11)17-6/h7,9H,8H2,1-6H3. The van der Waals surface area contributed by atoms with Gasteiger partial charge in [0, 0.05) is 5.41 Å². The molecule has 0 saturated carbocycles. The van der Waals surface area contributed by atoms with Gasteiger partial charge in [-0.3, -0.25) is 0 Å². The van der Waals surface area contributed by atoms with Crippen LogP contribution in [0.25, 0.3) is 0 Å². The van der Waals surface area contributed by atoms with Crippen molar-refractivity contribution in [2.75, 3.05) is 20.8 Å². The molecule has 0 amide bonds. The highest BCUT2D eigenvalue weighted by atomic mass is 16.5. The van der Waals surface area contributed by atoms with Crippen LogP contribution in [0.15, 0.2) is 6.07 Å². The van der Waals surface area contributed by atoms with E-state index in [4.69, 9.17) is 14.2 Å². The summed E-state index contributed by atoms with van der Waals surface area (Å²) in [5.41, 5.74) is 0.0748. The lowest BCUT2D eigenvalue weighted by Crippen LogP contribution is -2.27. The van der Waals surface area contributed by atoms with Gasteiger partial charge < -0.3 is 14.2 Å². The Balaban J connectivity index is 2.78. The second kappa shape index (κ2) is 5.89. The summed E-state index contributed by atoms with van der Waals surface area (Å²) in [6, 6.07) is 1.89. The Morgan fingerprint density at radius 1 is 1.11 bits per heavy atom. The minimum atomic E-state index is 0.0748. The number of rotatable bonds is 6. The zero-order chi connectivity index (χ0) is 13.8. The molecule has 0 aliphatic heterocycles. The van der Waals surface area contributed by atoms with Crippen molar-refractivity contribution >= 4 is 0 Å². The summed E-state index contributed by atoms with van der Waals surface area (Å²) in [4.78, 5) is 8.14. The maximum Gasteiger partial charge on any atom is 0.322 e. The maximum atomic E-state index is 5.71. The first kappa shape index (κ1) is 14.5. The molecule has 0 aliphatic rings. The minimum Gasteiger partial charge on any atom is -0.481 e. The van der Waals surface area contributed by atoms with Gasteiger partial charge in [0.15, 0.2) is 0 Å². The van der Waals surface area contributed by atoms with E-state index in [9.17, 15) is 0 Å². The van der Waals surface area contributed by atoms with Gasteiger partial charge >= 0.3 is 6.01 Å². The normalized spacial score (nSPS) is 11.5. The van der Waals surface area contributed by atoms with Gasteiger partial charge in [0.2, 0.25) is 11.8 Å². The first-order valence-corrected chi connectivity index (χ1v) is 5.99. The van der Waals surface area contributed by atoms with Crippen LogP contribution in [0.5, 0.6) is 17.8 Å². The summed E-state index contributed by atoms with van der Waals surface area (Å²) in [6.07, 6.45) is 0. The van der Waals surface area contributed by atoms with E-state index >= 15 is 0 Å². The summed E-state index contributed by atoms with van der Waals surface area (Å²) in [6.45, 7) is 9.24. The topological polar surface area (TPSA) is 53.5 Å². The Kier molecular flexibility index (Phi) is 4.76. The highest BCUT2D eigenvalue weighted by Crippen LogP contribution is 2.27. The first-order valence-electron chi connectivity index (χ1n) is 5.99. The molecule has 0 aliphatic carbocycles. The van der Waals surface area contributed by atoms with Crippen LogP contribution in [0.4, 0.5) is 0 Å². The quantitative estimate of drug-likeness (QED) is 0.781. The van der Waals surface area contributed by atoms with Gasteiger partial charge in [0.25, 0.3) is 0 Å². The van der Waals surface area contributed by atoms with E-state index in [1.54, 1.807) is 13.2 Å². The van der Waals surface area contributed by atoms with Crippen molar-refractivity contribution in [3.05, 3.63) is 6.07 Å². The summed E-state index contributed by atoms with van der Waals surface area (Å²) in [7, 11) is 3.06. The molecule has 1 heterocycles. The average Bonchev–Trinajstić information content (AvgIpc) is 2.35. The van der Waals surface area contributed by atoms with E-state index in [0.29, 0.717) is 24.3 Å². The second-order valence-corrected chi connectivity index (χ2v) is 5.17. The third-order valence-corrected chi connectivity index (χ3v) is 3.21. The molecular formula is C13H22N2O3. The molecule has 0 N–H and O–H groups in total. The van der Waals surface area contributed by atoms with E-state index in [1.807, 2.05) is 0 Å². The van der Waals surface area contributed by atoms with E-state index in [-0.39, 0.29) is 11.4 Å². The molecule has 18 heavy (non-hydrogen) atoms. The van der Waals surface area contributed by atoms with E-state index < -0.39 is 0 Å². The van der Waals surface area contributed by atoms with Gasteiger partial charge in [-0.05, 0) is 5.92 Å². The van der Waals surface area contributed by atoms with Crippen LogP contribution >= 0.6 is 0 Å². The Labute approximate surface area is 108 Å². The third kappa shape index (κ3) is 3.75. The van der Waals surface area contributed by atoms with Gasteiger partial charge in [0.1, 0.15) is 0 Å². The molecule has 0 fully saturated rings. The molecule has 0 unspecified atom stereocenters. The van der Waals surface area contributed by atoms with Gasteiger partial charge in [-0.25, -0.2) is 0 Å². The fourth-order valence-electron chi connectivity index (χ4n) is 1.08. The SMILES string of the molecule is COc1cc(OCC(C)(C)C(C)C)nc(OC)n1. The van der Waals surface area contributed by atoms with Gasteiger partial charge in [-0.1, -0.05) is 27.7 Å². The number of hydrogen-bond acceptors (Lipinski definition) is 5. The summed E-state index contributed by atoms with van der Waals surface area (Å²) in [5.74, 6) is 1.41. The molecule has 102 valence electrons. The number of ether oxygens (including phenoxy) is 3. The Bertz CT molecular complexity index is 370. The molecule has 5 nitrogen and oxygen atoms in total. The van der Waals surface area contributed by atoms with Crippen LogP contribution in [0.3, 0.4) is 0 Å². The molecule has 0 saturated heterocycles. The van der Waals surface area contributed by atoms with Crippen LogP contribution in [0.1, 0.15) is 27.7 Å². The Morgan fingerprint density at radius 2 is 1.72 bits per heavy atom. The molecule has 0 radical (unpaired) electrons. The summed E-state index contributed by atoms with van der Waals surface area (Å²) in [5, 5.41) is 0. The number of nitrogens with zero attached hydrogens (tertiary/aromatic N) is 2. The van der Waals surface area contributed by atoms with E-state index in [0.717, 1.165) is 0 Å². The van der Waals surface area contributed by atoms with E-state index in [1.165, 1.54) is 7.11 Å². The van der Waals surface area contributed by atoms with Crippen molar-refractivity contribution in [3.63, 3.8) is 0 Å². The number of methoxy groups -OCH3 is 2. The predicted octanol–water partition coefficient (Wildman–Crippen LogP) is 2.55. The minimum absolute atomic E-state index is 0.0748. The van der Waals surface area contributed by atoms with Crippen molar-refractivity contribution in [1.82, 2.24) is 9.97 Å². The van der Waals surface area contributed by atoms with Crippen LogP contribution in [0.2, 0.25) is 0 Å². The van der Waals surface area contributed by atoms with Gasteiger partial charge in [-0.15, -0.1) is 0 Å². The third-order valence-electron chi connectivity index (χ3n) is 3.21. The fraction of sp³-hybridized carbons (Fsp3) is 0.692. The zero-order valence-electron chi connectivity index (χ0n) is 12.0. The molecule has 5 heteroatoms. The summed E-state index contributed by atoms with van der Waals surface area (Å²) < 4.78 is 15.8. The molecule has 0 bridgehead atoms. The van der Waals surface area contributed by atoms with Gasteiger partial charge in [0.05, 0.1) is 26.9 Å². The molecule has 1 rings (SSSR count). The lowest BCUT2D eigenvalue weighted by atomic mass is 9.82. The Morgan fingerprint density at radius 3 is 2.22 bits per heavy atom. The number of aromatic nitrogens is 2. The van der Waals surface area contributed by atoms with Crippen LogP contribution in [-0.4, -0.2) is 30.8 Å². The van der Waals surface area contributed by atoms with Crippen molar-refractivity contribution < 1.29 is 14.2 Å². The highest BCUT2D eigenvalue weighted by Gasteiger charge is 2.23. The van der Waals surface area contributed by atoms with Crippen molar-refractivity contribution in [2.24, 2.45) is 11.3 Å². The monoisotopic (exact) mass is 254 g/mol. The van der Waals surface area contributed by atoms with Crippen molar-refractivity contribution in [1.29, 1.82) is 0 Å². The van der Waals surface area contributed by atoms with Crippen LogP contribution in [0, 0.1) is 11.3 Å². The molecule has 0 aromatic carbocycles.